The van der Waals surface area contributed by atoms with Gasteiger partial charge in [-0.15, -0.1) is 0 Å². The number of anilines is 1. The molecule has 0 atom stereocenters. The summed E-state index contributed by atoms with van der Waals surface area (Å²) in [5, 5.41) is 22.0. The first kappa shape index (κ1) is 14.4. The molecule has 0 aliphatic heterocycles. The van der Waals surface area contributed by atoms with Gasteiger partial charge in [0.15, 0.2) is 0 Å². The third-order valence-corrected chi connectivity index (χ3v) is 3.65. The number of hydrogen-bond donors (Lipinski definition) is 3. The molecule has 20 heavy (non-hydrogen) atoms. The molecule has 0 fully saturated rings. The number of carboxylic acid groups (broad SMARTS) is 1. The first-order valence-corrected chi connectivity index (χ1v) is 6.82. The summed E-state index contributed by atoms with van der Waals surface area (Å²) < 4.78 is 0.648. The Morgan fingerprint density at radius 3 is 2.70 bits per heavy atom. The van der Waals surface area contributed by atoms with Crippen LogP contribution in [-0.2, 0) is 6.54 Å². The molecule has 3 N–H and O–H groups in total. The van der Waals surface area contributed by atoms with Gasteiger partial charge in [-0.25, -0.2) is 4.79 Å². The molecule has 0 heterocycles. The molecule has 4 nitrogen and oxygen atoms in total. The number of aromatic hydroxyl groups is 1. The maximum atomic E-state index is 10.9. The molecular formula is C15H14BrNO3. The Hall–Kier alpha value is -2.01. The zero-order chi connectivity index (χ0) is 14.7. The molecule has 2 rings (SSSR count). The van der Waals surface area contributed by atoms with Gasteiger partial charge >= 0.3 is 5.97 Å². The molecule has 0 saturated heterocycles. The van der Waals surface area contributed by atoms with Crippen molar-refractivity contribution in [2.45, 2.75) is 13.5 Å². The van der Waals surface area contributed by atoms with Crippen LogP contribution in [0.15, 0.2) is 40.9 Å². The highest BCUT2D eigenvalue weighted by Crippen LogP contribution is 2.28. The number of carboxylic acids is 1. The Balaban J connectivity index is 2.15. The molecule has 0 radical (unpaired) electrons. The zero-order valence-corrected chi connectivity index (χ0v) is 12.4. The minimum atomic E-state index is -0.940. The van der Waals surface area contributed by atoms with Crippen molar-refractivity contribution in [1.29, 1.82) is 0 Å². The number of benzene rings is 2. The molecule has 0 saturated carbocycles. The summed E-state index contributed by atoms with van der Waals surface area (Å²) in [6.45, 7) is 2.30. The van der Waals surface area contributed by atoms with E-state index in [0.29, 0.717) is 11.0 Å². The second-order valence-corrected chi connectivity index (χ2v) is 5.29. The smallest absolute Gasteiger partial charge is 0.335 e. The molecule has 104 valence electrons. The highest BCUT2D eigenvalue weighted by atomic mass is 79.9. The van der Waals surface area contributed by atoms with E-state index >= 15 is 0 Å². The minimum absolute atomic E-state index is 0.208. The maximum absolute atomic E-state index is 10.9. The lowest BCUT2D eigenvalue weighted by atomic mass is 10.1. The average molecular weight is 336 g/mol. The molecule has 0 spiro atoms. The number of rotatable bonds is 4. The first-order chi connectivity index (χ1) is 9.49. The Morgan fingerprint density at radius 2 is 2.05 bits per heavy atom. The molecule has 2 aromatic rings. The molecule has 0 aliphatic carbocycles. The van der Waals surface area contributed by atoms with Gasteiger partial charge < -0.3 is 15.5 Å². The number of aromatic carboxylic acids is 1. The van der Waals surface area contributed by atoms with Crippen molar-refractivity contribution in [3.8, 4) is 5.75 Å². The van der Waals surface area contributed by atoms with Gasteiger partial charge in [0.1, 0.15) is 5.75 Å². The van der Waals surface area contributed by atoms with Gasteiger partial charge in [0, 0.05) is 17.8 Å². The third kappa shape index (κ3) is 3.11. The van der Waals surface area contributed by atoms with Crippen LogP contribution in [0.3, 0.4) is 0 Å². The average Bonchev–Trinajstić information content (AvgIpc) is 2.41. The van der Waals surface area contributed by atoms with Crippen molar-refractivity contribution < 1.29 is 15.0 Å². The van der Waals surface area contributed by atoms with E-state index in [0.717, 1.165) is 16.8 Å². The van der Waals surface area contributed by atoms with Gasteiger partial charge in [-0.05, 0) is 52.7 Å². The van der Waals surface area contributed by atoms with Gasteiger partial charge in [0.05, 0.1) is 10.0 Å². The van der Waals surface area contributed by atoms with Gasteiger partial charge in [0.25, 0.3) is 0 Å². The SMILES string of the molecule is Cc1cc(C(=O)O)ccc1NCc1cccc(Br)c1O. The second kappa shape index (κ2) is 5.96. The number of phenolic OH excluding ortho intramolecular Hbond substituents is 1. The van der Waals surface area contributed by atoms with Crippen molar-refractivity contribution in [3.63, 3.8) is 0 Å². The number of carbonyl (C=O) groups is 1. The molecular weight excluding hydrogens is 322 g/mol. The maximum Gasteiger partial charge on any atom is 0.335 e. The number of nitrogens with one attached hydrogen (secondary N) is 1. The van der Waals surface area contributed by atoms with Crippen LogP contribution in [0.4, 0.5) is 5.69 Å². The monoisotopic (exact) mass is 335 g/mol. The molecule has 5 heteroatoms. The van der Waals surface area contributed by atoms with E-state index in [4.69, 9.17) is 5.11 Å². The fourth-order valence-corrected chi connectivity index (χ4v) is 2.30. The summed E-state index contributed by atoms with van der Waals surface area (Å²) in [6.07, 6.45) is 0. The lowest BCUT2D eigenvalue weighted by Crippen LogP contribution is -2.03. The van der Waals surface area contributed by atoms with Crippen molar-refractivity contribution in [1.82, 2.24) is 0 Å². The zero-order valence-electron chi connectivity index (χ0n) is 10.9. The summed E-state index contributed by atoms with van der Waals surface area (Å²) in [4.78, 5) is 10.9. The quantitative estimate of drug-likeness (QED) is 0.795. The topological polar surface area (TPSA) is 69.6 Å². The first-order valence-electron chi connectivity index (χ1n) is 6.03. The largest absolute Gasteiger partial charge is 0.506 e. The van der Waals surface area contributed by atoms with Gasteiger partial charge in [-0.3, -0.25) is 0 Å². The lowest BCUT2D eigenvalue weighted by molar-refractivity contribution is 0.0697. The summed E-state index contributed by atoms with van der Waals surface area (Å²) in [7, 11) is 0. The molecule has 0 amide bonds. The van der Waals surface area contributed by atoms with E-state index in [1.165, 1.54) is 0 Å². The van der Waals surface area contributed by atoms with Crippen molar-refractivity contribution >= 4 is 27.6 Å². The van der Waals surface area contributed by atoms with E-state index in [2.05, 4.69) is 21.2 Å². The normalized spacial score (nSPS) is 10.3. The van der Waals surface area contributed by atoms with Crippen molar-refractivity contribution in [3.05, 3.63) is 57.6 Å². The van der Waals surface area contributed by atoms with Gasteiger partial charge in [0.2, 0.25) is 0 Å². The fourth-order valence-electron chi connectivity index (χ4n) is 1.89. The Labute approximate surface area is 125 Å². The van der Waals surface area contributed by atoms with E-state index in [1.807, 2.05) is 19.1 Å². The lowest BCUT2D eigenvalue weighted by Gasteiger charge is -2.12. The summed E-state index contributed by atoms with van der Waals surface area (Å²) in [5.74, 6) is -0.732. The second-order valence-electron chi connectivity index (χ2n) is 4.44. The molecule has 0 aromatic heterocycles. The third-order valence-electron chi connectivity index (χ3n) is 3.01. The Kier molecular flexibility index (Phi) is 4.29. The summed E-state index contributed by atoms with van der Waals surface area (Å²) in [5.41, 5.74) is 2.72. The fraction of sp³-hybridized carbons (Fsp3) is 0.133. The predicted octanol–water partition coefficient (Wildman–Crippen LogP) is 3.77. The van der Waals surface area contributed by atoms with Crippen LogP contribution in [-0.4, -0.2) is 16.2 Å². The number of aryl methyl sites for hydroxylation is 1. The molecule has 2 aromatic carbocycles. The van der Waals surface area contributed by atoms with Crippen LogP contribution in [0, 0.1) is 6.92 Å². The highest BCUT2D eigenvalue weighted by Gasteiger charge is 2.07. The number of phenols is 1. The highest BCUT2D eigenvalue weighted by molar-refractivity contribution is 9.10. The number of hydrogen-bond acceptors (Lipinski definition) is 3. The van der Waals surface area contributed by atoms with E-state index in [9.17, 15) is 9.90 Å². The van der Waals surface area contributed by atoms with Crippen molar-refractivity contribution in [2.75, 3.05) is 5.32 Å². The summed E-state index contributed by atoms with van der Waals surface area (Å²) >= 11 is 3.27. The predicted molar refractivity (Wildman–Crippen MR) is 81.3 cm³/mol. The molecule has 0 aliphatic rings. The minimum Gasteiger partial charge on any atom is -0.506 e. The van der Waals surface area contributed by atoms with Crippen LogP contribution in [0.25, 0.3) is 0 Å². The Morgan fingerprint density at radius 1 is 1.30 bits per heavy atom. The van der Waals surface area contributed by atoms with Crippen LogP contribution >= 0.6 is 15.9 Å². The van der Waals surface area contributed by atoms with Crippen molar-refractivity contribution in [2.24, 2.45) is 0 Å². The van der Waals surface area contributed by atoms with E-state index in [-0.39, 0.29) is 11.3 Å². The Bertz CT molecular complexity index is 656. The van der Waals surface area contributed by atoms with E-state index in [1.54, 1.807) is 24.3 Å². The standard InChI is InChI=1S/C15H14BrNO3/c1-9-7-10(15(19)20)5-6-13(9)17-8-11-3-2-4-12(16)14(11)18/h2-7,17-18H,8H2,1H3,(H,19,20). The van der Waals surface area contributed by atoms with Crippen LogP contribution < -0.4 is 5.32 Å². The van der Waals surface area contributed by atoms with Crippen LogP contribution in [0.2, 0.25) is 0 Å². The molecule has 0 bridgehead atoms. The molecule has 0 unspecified atom stereocenters. The number of halogens is 1. The van der Waals surface area contributed by atoms with E-state index < -0.39 is 5.97 Å². The van der Waals surface area contributed by atoms with Gasteiger partial charge in [-0.2, -0.15) is 0 Å². The summed E-state index contributed by atoms with van der Waals surface area (Å²) in [6, 6.07) is 10.3. The van der Waals surface area contributed by atoms with Crippen LogP contribution in [0.1, 0.15) is 21.5 Å². The number of para-hydroxylation sites is 1. The van der Waals surface area contributed by atoms with Crippen LogP contribution in [0.5, 0.6) is 5.75 Å². The van der Waals surface area contributed by atoms with Gasteiger partial charge in [-0.1, -0.05) is 12.1 Å².